The van der Waals surface area contributed by atoms with Gasteiger partial charge in [-0.05, 0) is 6.92 Å². The van der Waals surface area contributed by atoms with E-state index in [9.17, 15) is 18.0 Å². The first-order valence-electron chi connectivity index (χ1n) is 6.96. The van der Waals surface area contributed by atoms with E-state index in [1.54, 1.807) is 6.92 Å². The molecule has 2 N–H and O–H groups in total. The van der Waals surface area contributed by atoms with Crippen LogP contribution >= 0.6 is 0 Å². The highest BCUT2D eigenvalue weighted by atomic mass is 19.4. The second-order valence-corrected chi connectivity index (χ2v) is 5.08. The number of halogens is 3. The second-order valence-electron chi connectivity index (χ2n) is 5.08. The maximum Gasteiger partial charge on any atom is 0.405 e. The fourth-order valence-electron chi connectivity index (χ4n) is 2.34. The smallest absolute Gasteiger partial charge is 0.350 e. The maximum atomic E-state index is 13.2. The van der Waals surface area contributed by atoms with Gasteiger partial charge in [0.2, 0.25) is 0 Å². The van der Waals surface area contributed by atoms with Crippen molar-refractivity contribution in [3.63, 3.8) is 0 Å². The van der Waals surface area contributed by atoms with Crippen molar-refractivity contribution in [3.8, 4) is 0 Å². The first-order chi connectivity index (χ1) is 10.4. The van der Waals surface area contributed by atoms with Crippen LogP contribution in [0.4, 0.5) is 13.2 Å². The van der Waals surface area contributed by atoms with Gasteiger partial charge in [0.25, 0.3) is 5.91 Å². The van der Waals surface area contributed by atoms with E-state index in [0.717, 1.165) is 0 Å². The van der Waals surface area contributed by atoms with Gasteiger partial charge in [0.1, 0.15) is 12.4 Å². The number of nitrogens with zero attached hydrogens (tertiary/aromatic N) is 3. The molecule has 0 saturated carbocycles. The molecular formula is C13H18F3N5O. The Kier molecular flexibility index (Phi) is 5.30. The molecule has 1 saturated heterocycles. The SMILES string of the molecule is Cc1ncncc1C(=O)NCC(N1CCNCC1)C(F)(F)F. The number of carbonyl (C=O) groups excluding carboxylic acids is 1. The Balaban J connectivity index is 2.02. The normalized spacial score (nSPS) is 18.0. The summed E-state index contributed by atoms with van der Waals surface area (Å²) in [6.07, 6.45) is -1.82. The van der Waals surface area contributed by atoms with Gasteiger partial charge < -0.3 is 10.6 Å². The van der Waals surface area contributed by atoms with E-state index in [1.807, 2.05) is 0 Å². The van der Waals surface area contributed by atoms with Gasteiger partial charge in [-0.1, -0.05) is 0 Å². The van der Waals surface area contributed by atoms with Gasteiger partial charge in [0.05, 0.1) is 11.3 Å². The zero-order valence-corrected chi connectivity index (χ0v) is 12.2. The van der Waals surface area contributed by atoms with Crippen LogP contribution in [0.15, 0.2) is 12.5 Å². The Bertz CT molecular complexity index is 517. The lowest BCUT2D eigenvalue weighted by Gasteiger charge is -2.35. The van der Waals surface area contributed by atoms with Crippen molar-refractivity contribution < 1.29 is 18.0 Å². The number of carbonyl (C=O) groups is 1. The molecule has 0 aliphatic carbocycles. The number of alkyl halides is 3. The molecule has 122 valence electrons. The van der Waals surface area contributed by atoms with Crippen LogP contribution in [0.2, 0.25) is 0 Å². The summed E-state index contributed by atoms with van der Waals surface area (Å²) in [4.78, 5) is 20.9. The largest absolute Gasteiger partial charge is 0.405 e. The fourth-order valence-corrected chi connectivity index (χ4v) is 2.34. The van der Waals surface area contributed by atoms with Crippen LogP contribution in [-0.4, -0.2) is 65.7 Å². The zero-order valence-electron chi connectivity index (χ0n) is 12.2. The van der Waals surface area contributed by atoms with Crippen molar-refractivity contribution in [2.45, 2.75) is 19.1 Å². The number of aryl methyl sites for hydroxylation is 1. The van der Waals surface area contributed by atoms with E-state index in [4.69, 9.17) is 0 Å². The van der Waals surface area contributed by atoms with Crippen molar-refractivity contribution >= 4 is 5.91 Å². The first-order valence-corrected chi connectivity index (χ1v) is 6.96. The lowest BCUT2D eigenvalue weighted by Crippen LogP contribution is -2.57. The highest BCUT2D eigenvalue weighted by molar-refractivity contribution is 5.94. The zero-order chi connectivity index (χ0) is 16.2. The quantitative estimate of drug-likeness (QED) is 0.839. The molecule has 1 aromatic rings. The first kappa shape index (κ1) is 16.6. The number of aromatic nitrogens is 2. The predicted octanol–water partition coefficient (Wildman–Crippen LogP) is 0.351. The minimum atomic E-state index is -4.40. The molecule has 1 unspecified atom stereocenters. The second kappa shape index (κ2) is 7.01. The molecule has 1 amide bonds. The minimum Gasteiger partial charge on any atom is -0.350 e. The highest BCUT2D eigenvalue weighted by Gasteiger charge is 2.43. The van der Waals surface area contributed by atoms with Crippen LogP contribution < -0.4 is 10.6 Å². The average molecular weight is 317 g/mol. The van der Waals surface area contributed by atoms with Crippen molar-refractivity contribution in [1.29, 1.82) is 0 Å². The maximum absolute atomic E-state index is 13.2. The fraction of sp³-hybridized carbons (Fsp3) is 0.615. The van der Waals surface area contributed by atoms with E-state index in [0.29, 0.717) is 31.9 Å². The number of hydrogen-bond acceptors (Lipinski definition) is 5. The van der Waals surface area contributed by atoms with E-state index >= 15 is 0 Å². The molecule has 0 radical (unpaired) electrons. The monoisotopic (exact) mass is 317 g/mol. The Hall–Kier alpha value is -1.74. The molecule has 1 aromatic heterocycles. The molecule has 1 fully saturated rings. The summed E-state index contributed by atoms with van der Waals surface area (Å²) in [6.45, 7) is 2.73. The number of rotatable bonds is 4. The number of piperazine rings is 1. The summed E-state index contributed by atoms with van der Waals surface area (Å²) < 4.78 is 39.6. The summed E-state index contributed by atoms with van der Waals surface area (Å²) in [7, 11) is 0. The van der Waals surface area contributed by atoms with Gasteiger partial charge >= 0.3 is 6.18 Å². The van der Waals surface area contributed by atoms with Crippen LogP contribution in [0, 0.1) is 6.92 Å². The molecule has 6 nitrogen and oxygen atoms in total. The number of amides is 1. The molecule has 2 heterocycles. The van der Waals surface area contributed by atoms with Gasteiger partial charge in [0.15, 0.2) is 0 Å². The third kappa shape index (κ3) is 4.14. The van der Waals surface area contributed by atoms with Crippen molar-refractivity contribution in [2.75, 3.05) is 32.7 Å². The standard InChI is InChI=1S/C13H18F3N5O/c1-9-10(6-18-8-20-9)12(22)19-7-11(13(14,15)16)21-4-2-17-3-5-21/h6,8,11,17H,2-5,7H2,1H3,(H,19,22). The topological polar surface area (TPSA) is 70.2 Å². The lowest BCUT2D eigenvalue weighted by atomic mass is 10.2. The molecule has 1 aliphatic heterocycles. The van der Waals surface area contributed by atoms with E-state index in [2.05, 4.69) is 20.6 Å². The Morgan fingerprint density at radius 1 is 1.45 bits per heavy atom. The molecule has 9 heteroatoms. The summed E-state index contributed by atoms with van der Waals surface area (Å²) in [5.41, 5.74) is 0.613. The molecular weight excluding hydrogens is 299 g/mol. The molecule has 0 spiro atoms. The Morgan fingerprint density at radius 3 is 2.73 bits per heavy atom. The predicted molar refractivity (Wildman–Crippen MR) is 73.4 cm³/mol. The molecule has 22 heavy (non-hydrogen) atoms. The lowest BCUT2D eigenvalue weighted by molar-refractivity contribution is -0.183. The molecule has 1 aliphatic rings. The van der Waals surface area contributed by atoms with Crippen molar-refractivity contribution in [3.05, 3.63) is 23.8 Å². The van der Waals surface area contributed by atoms with Crippen LogP contribution in [-0.2, 0) is 0 Å². The van der Waals surface area contributed by atoms with Gasteiger partial charge in [-0.2, -0.15) is 13.2 Å². The van der Waals surface area contributed by atoms with Crippen LogP contribution in [0.5, 0.6) is 0 Å². The Labute approximate surface area is 126 Å². The third-order valence-corrected chi connectivity index (χ3v) is 3.58. The van der Waals surface area contributed by atoms with Crippen LogP contribution in [0.25, 0.3) is 0 Å². The van der Waals surface area contributed by atoms with Gasteiger partial charge in [-0.15, -0.1) is 0 Å². The van der Waals surface area contributed by atoms with E-state index in [1.165, 1.54) is 17.4 Å². The summed E-state index contributed by atoms with van der Waals surface area (Å²) in [6, 6.07) is -1.69. The molecule has 1 atom stereocenters. The average Bonchev–Trinajstić information content (AvgIpc) is 2.47. The Morgan fingerprint density at radius 2 is 2.14 bits per heavy atom. The van der Waals surface area contributed by atoms with Crippen LogP contribution in [0.1, 0.15) is 16.1 Å². The molecule has 0 aromatic carbocycles. The third-order valence-electron chi connectivity index (χ3n) is 3.58. The summed E-state index contributed by atoms with van der Waals surface area (Å²) >= 11 is 0. The van der Waals surface area contributed by atoms with Gasteiger partial charge in [-0.3, -0.25) is 9.69 Å². The molecule has 0 bridgehead atoms. The van der Waals surface area contributed by atoms with Gasteiger partial charge in [0, 0.05) is 38.9 Å². The van der Waals surface area contributed by atoms with Crippen LogP contribution in [0.3, 0.4) is 0 Å². The van der Waals surface area contributed by atoms with Crippen molar-refractivity contribution in [2.24, 2.45) is 0 Å². The van der Waals surface area contributed by atoms with Gasteiger partial charge in [-0.25, -0.2) is 9.97 Å². The van der Waals surface area contributed by atoms with E-state index < -0.39 is 24.7 Å². The molecule has 2 rings (SSSR count). The van der Waals surface area contributed by atoms with Crippen molar-refractivity contribution in [1.82, 2.24) is 25.5 Å². The summed E-state index contributed by atoms with van der Waals surface area (Å²) in [5.74, 6) is -0.595. The number of nitrogens with one attached hydrogen (secondary N) is 2. The van der Waals surface area contributed by atoms with E-state index in [-0.39, 0.29) is 5.56 Å². The summed E-state index contributed by atoms with van der Waals surface area (Å²) in [5, 5.41) is 5.35. The number of hydrogen-bond donors (Lipinski definition) is 2. The minimum absolute atomic E-state index is 0.184. The highest BCUT2D eigenvalue weighted by Crippen LogP contribution is 2.24.